The molecule has 0 aliphatic rings. The molecule has 0 amide bonds. The normalized spacial score (nSPS) is 11.2. The van der Waals surface area contributed by atoms with Crippen LogP contribution in [0.2, 0.25) is 0 Å². The van der Waals surface area contributed by atoms with Crippen molar-refractivity contribution in [2.45, 2.75) is 25.9 Å². The lowest BCUT2D eigenvalue weighted by molar-refractivity contribution is -0.143. The van der Waals surface area contributed by atoms with Gasteiger partial charge in [-0.3, -0.25) is 4.79 Å². The number of benzene rings is 1. The minimum atomic E-state index is -0.540. The third-order valence-electron chi connectivity index (χ3n) is 2.91. The third-order valence-corrected chi connectivity index (χ3v) is 2.91. The standard InChI is InChI=1S/C16H20O5/c1-6-13(21-11(2)17)8-7-12-9-14(18-3)16(20-5)15(10-12)19-4/h1,9-10,13H,7-8H2,2-5H3. The van der Waals surface area contributed by atoms with Crippen molar-refractivity contribution in [3.63, 3.8) is 0 Å². The van der Waals surface area contributed by atoms with Crippen LogP contribution < -0.4 is 14.2 Å². The Morgan fingerprint density at radius 2 is 1.76 bits per heavy atom. The first-order chi connectivity index (χ1) is 10.0. The summed E-state index contributed by atoms with van der Waals surface area (Å²) in [4.78, 5) is 10.9. The monoisotopic (exact) mass is 292 g/mol. The molecule has 1 atom stereocenters. The van der Waals surface area contributed by atoms with Gasteiger partial charge in [-0.05, 0) is 30.5 Å². The molecule has 5 heteroatoms. The van der Waals surface area contributed by atoms with Crippen molar-refractivity contribution in [1.29, 1.82) is 0 Å². The molecule has 0 radical (unpaired) electrons. The topological polar surface area (TPSA) is 54.0 Å². The van der Waals surface area contributed by atoms with Crippen molar-refractivity contribution in [2.24, 2.45) is 0 Å². The van der Waals surface area contributed by atoms with Crippen molar-refractivity contribution in [3.8, 4) is 29.6 Å². The van der Waals surface area contributed by atoms with E-state index in [1.807, 2.05) is 12.1 Å². The Bertz CT molecular complexity index is 505. The number of terminal acetylenes is 1. The van der Waals surface area contributed by atoms with Crippen molar-refractivity contribution >= 4 is 5.97 Å². The van der Waals surface area contributed by atoms with Crippen LogP contribution in [0, 0.1) is 12.3 Å². The molecule has 5 nitrogen and oxygen atoms in total. The fourth-order valence-electron chi connectivity index (χ4n) is 1.95. The lowest BCUT2D eigenvalue weighted by Gasteiger charge is -2.15. The average molecular weight is 292 g/mol. The fourth-order valence-corrected chi connectivity index (χ4v) is 1.95. The van der Waals surface area contributed by atoms with Crippen LogP contribution in [-0.4, -0.2) is 33.4 Å². The van der Waals surface area contributed by atoms with E-state index in [9.17, 15) is 4.79 Å². The van der Waals surface area contributed by atoms with E-state index in [4.69, 9.17) is 25.4 Å². The van der Waals surface area contributed by atoms with E-state index < -0.39 is 6.10 Å². The Balaban J connectivity index is 2.89. The molecular formula is C16H20O5. The van der Waals surface area contributed by atoms with Crippen LogP contribution in [0.15, 0.2) is 12.1 Å². The zero-order valence-electron chi connectivity index (χ0n) is 12.8. The molecule has 0 bridgehead atoms. The summed E-state index contributed by atoms with van der Waals surface area (Å²) >= 11 is 0. The second-order valence-electron chi connectivity index (χ2n) is 4.34. The zero-order valence-corrected chi connectivity index (χ0v) is 12.8. The first kappa shape index (κ1) is 16.7. The molecule has 0 fully saturated rings. The molecule has 0 saturated heterocycles. The van der Waals surface area contributed by atoms with Gasteiger partial charge in [0, 0.05) is 6.92 Å². The highest BCUT2D eigenvalue weighted by Gasteiger charge is 2.15. The van der Waals surface area contributed by atoms with Gasteiger partial charge in [-0.2, -0.15) is 0 Å². The van der Waals surface area contributed by atoms with Gasteiger partial charge in [0.2, 0.25) is 5.75 Å². The maximum absolute atomic E-state index is 10.9. The highest BCUT2D eigenvalue weighted by molar-refractivity contribution is 5.66. The van der Waals surface area contributed by atoms with Crippen LogP contribution in [-0.2, 0) is 16.0 Å². The molecule has 0 saturated carbocycles. The Morgan fingerprint density at radius 1 is 1.19 bits per heavy atom. The van der Waals surface area contributed by atoms with E-state index in [2.05, 4.69) is 5.92 Å². The van der Waals surface area contributed by atoms with Gasteiger partial charge in [0.25, 0.3) is 0 Å². The summed E-state index contributed by atoms with van der Waals surface area (Å²) in [6.45, 7) is 1.34. The molecule has 21 heavy (non-hydrogen) atoms. The van der Waals surface area contributed by atoms with Crippen LogP contribution in [0.1, 0.15) is 18.9 Å². The smallest absolute Gasteiger partial charge is 0.303 e. The highest BCUT2D eigenvalue weighted by Crippen LogP contribution is 2.38. The predicted molar refractivity (Wildman–Crippen MR) is 78.8 cm³/mol. The molecule has 114 valence electrons. The maximum atomic E-state index is 10.9. The Morgan fingerprint density at radius 3 is 2.14 bits per heavy atom. The number of hydrogen-bond donors (Lipinski definition) is 0. The SMILES string of the molecule is C#CC(CCc1cc(OC)c(OC)c(OC)c1)OC(C)=O. The second kappa shape index (κ2) is 8.05. The van der Waals surface area contributed by atoms with Crippen molar-refractivity contribution < 1.29 is 23.7 Å². The maximum Gasteiger partial charge on any atom is 0.303 e. The zero-order chi connectivity index (χ0) is 15.8. The number of carbonyl (C=O) groups excluding carboxylic acids is 1. The summed E-state index contributed by atoms with van der Waals surface area (Å²) in [5.74, 6) is 3.77. The number of rotatable bonds is 7. The van der Waals surface area contributed by atoms with Gasteiger partial charge in [0.05, 0.1) is 21.3 Å². The Labute approximate surface area is 125 Å². The summed E-state index contributed by atoms with van der Waals surface area (Å²) < 4.78 is 20.9. The summed E-state index contributed by atoms with van der Waals surface area (Å²) in [5.41, 5.74) is 0.955. The predicted octanol–water partition coefficient (Wildman–Crippen LogP) is 2.21. The quantitative estimate of drug-likeness (QED) is 0.569. The first-order valence-corrected chi connectivity index (χ1v) is 6.47. The fraction of sp³-hybridized carbons (Fsp3) is 0.438. The summed E-state index contributed by atoms with van der Waals surface area (Å²) in [6, 6.07) is 3.70. The minimum absolute atomic E-state index is 0.386. The summed E-state index contributed by atoms with van der Waals surface area (Å²) in [7, 11) is 4.67. The average Bonchev–Trinajstić information content (AvgIpc) is 2.49. The van der Waals surface area contributed by atoms with Gasteiger partial charge < -0.3 is 18.9 Å². The van der Waals surface area contributed by atoms with Crippen LogP contribution >= 0.6 is 0 Å². The van der Waals surface area contributed by atoms with Crippen molar-refractivity contribution in [1.82, 2.24) is 0 Å². The molecule has 0 aliphatic heterocycles. The van der Waals surface area contributed by atoms with Gasteiger partial charge in [0.15, 0.2) is 17.6 Å². The van der Waals surface area contributed by atoms with E-state index in [0.717, 1.165) is 5.56 Å². The summed E-state index contributed by atoms with van der Waals surface area (Å²) in [6.07, 6.45) is 5.95. The molecule has 1 aromatic carbocycles. The molecule has 0 N–H and O–H groups in total. The number of carbonyl (C=O) groups is 1. The number of methoxy groups -OCH3 is 3. The first-order valence-electron chi connectivity index (χ1n) is 6.47. The number of esters is 1. The van der Waals surface area contributed by atoms with Crippen LogP contribution in [0.25, 0.3) is 0 Å². The molecule has 0 spiro atoms. The van der Waals surface area contributed by atoms with E-state index in [-0.39, 0.29) is 5.97 Å². The lowest BCUT2D eigenvalue weighted by Crippen LogP contribution is -2.15. The lowest BCUT2D eigenvalue weighted by atomic mass is 10.1. The number of ether oxygens (including phenoxy) is 4. The van der Waals surface area contributed by atoms with Crippen molar-refractivity contribution in [3.05, 3.63) is 17.7 Å². The van der Waals surface area contributed by atoms with Gasteiger partial charge in [0.1, 0.15) is 0 Å². The van der Waals surface area contributed by atoms with E-state index in [0.29, 0.717) is 30.1 Å². The Kier molecular flexibility index (Phi) is 6.41. The van der Waals surface area contributed by atoms with Crippen LogP contribution in [0.4, 0.5) is 0 Å². The number of hydrogen-bond acceptors (Lipinski definition) is 5. The van der Waals surface area contributed by atoms with Crippen molar-refractivity contribution in [2.75, 3.05) is 21.3 Å². The second-order valence-corrected chi connectivity index (χ2v) is 4.34. The Hall–Kier alpha value is -2.35. The molecule has 1 unspecified atom stereocenters. The highest BCUT2D eigenvalue weighted by atomic mass is 16.5. The van der Waals surface area contributed by atoms with Crippen LogP contribution in [0.3, 0.4) is 0 Å². The van der Waals surface area contributed by atoms with E-state index >= 15 is 0 Å². The van der Waals surface area contributed by atoms with E-state index in [1.165, 1.54) is 6.92 Å². The van der Waals surface area contributed by atoms with Gasteiger partial charge in [-0.15, -0.1) is 6.42 Å². The molecule has 0 aliphatic carbocycles. The number of aryl methyl sites for hydroxylation is 1. The van der Waals surface area contributed by atoms with Gasteiger partial charge in [-0.1, -0.05) is 5.92 Å². The molecule has 1 aromatic rings. The molecule has 0 heterocycles. The molecule has 0 aromatic heterocycles. The molecular weight excluding hydrogens is 272 g/mol. The van der Waals surface area contributed by atoms with Gasteiger partial charge >= 0.3 is 5.97 Å². The summed E-state index contributed by atoms with van der Waals surface area (Å²) in [5, 5.41) is 0. The van der Waals surface area contributed by atoms with Gasteiger partial charge in [-0.25, -0.2) is 0 Å². The van der Waals surface area contributed by atoms with E-state index in [1.54, 1.807) is 21.3 Å². The third kappa shape index (κ3) is 4.60. The minimum Gasteiger partial charge on any atom is -0.493 e. The largest absolute Gasteiger partial charge is 0.493 e. The molecule has 1 rings (SSSR count). The van der Waals surface area contributed by atoms with Crippen LogP contribution in [0.5, 0.6) is 17.2 Å².